The molecule has 1 fully saturated rings. The number of rotatable bonds is 3. The van der Waals surface area contributed by atoms with Crippen molar-refractivity contribution in [2.24, 2.45) is 5.92 Å². The maximum atomic E-state index is 12.0. The summed E-state index contributed by atoms with van der Waals surface area (Å²) >= 11 is 3.52. The lowest BCUT2D eigenvalue weighted by atomic mass is 9.91. The first-order valence-electron chi connectivity index (χ1n) is 8.06. The van der Waals surface area contributed by atoms with Gasteiger partial charge in [-0.3, -0.25) is 0 Å². The number of halogens is 1. The normalized spacial score (nSPS) is 16.6. The minimum atomic E-state index is -0.408. The van der Waals surface area contributed by atoms with Gasteiger partial charge in [0.05, 0.1) is 0 Å². The van der Waals surface area contributed by atoms with Gasteiger partial charge in [-0.1, -0.05) is 28.1 Å². The highest BCUT2D eigenvalue weighted by Crippen LogP contribution is 2.24. The first-order valence-corrected chi connectivity index (χ1v) is 8.85. The summed E-state index contributed by atoms with van der Waals surface area (Å²) in [5.41, 5.74) is 0.971. The molecule has 0 aromatic heterocycles. The van der Waals surface area contributed by atoms with Gasteiger partial charge in [0, 0.05) is 17.6 Å². The van der Waals surface area contributed by atoms with Crippen molar-refractivity contribution in [1.82, 2.24) is 4.90 Å². The number of hydrogen-bond acceptors (Lipinski definition) is 2. The van der Waals surface area contributed by atoms with Crippen molar-refractivity contribution in [3.05, 3.63) is 34.3 Å². The first-order chi connectivity index (χ1) is 10.3. The zero-order valence-electron chi connectivity index (χ0n) is 13.8. The second kappa shape index (κ2) is 7.49. The second-order valence-corrected chi connectivity index (χ2v) is 8.00. The highest BCUT2D eigenvalue weighted by molar-refractivity contribution is 9.10. The van der Waals surface area contributed by atoms with Crippen LogP contribution in [0, 0.1) is 5.92 Å². The fourth-order valence-corrected chi connectivity index (χ4v) is 3.24. The monoisotopic (exact) mass is 367 g/mol. The quantitative estimate of drug-likeness (QED) is 0.749. The molecule has 1 saturated heterocycles. The summed E-state index contributed by atoms with van der Waals surface area (Å²) in [6.45, 7) is 7.37. The van der Waals surface area contributed by atoms with Crippen LogP contribution in [0.15, 0.2) is 28.7 Å². The number of benzene rings is 1. The molecule has 1 aromatic rings. The van der Waals surface area contributed by atoms with Crippen LogP contribution in [-0.4, -0.2) is 29.7 Å². The Morgan fingerprint density at radius 1 is 1.32 bits per heavy atom. The van der Waals surface area contributed by atoms with Crippen LogP contribution in [0.25, 0.3) is 0 Å². The molecule has 4 heteroatoms. The molecule has 0 aliphatic carbocycles. The third kappa shape index (κ3) is 5.64. The highest BCUT2D eigenvalue weighted by Gasteiger charge is 2.26. The Morgan fingerprint density at radius 2 is 2.00 bits per heavy atom. The maximum absolute atomic E-state index is 12.0. The molecule has 1 aromatic carbocycles. The van der Waals surface area contributed by atoms with E-state index in [1.807, 2.05) is 25.7 Å². The fraction of sp³-hybridized carbons (Fsp3) is 0.611. The average molecular weight is 368 g/mol. The van der Waals surface area contributed by atoms with Crippen LogP contribution in [-0.2, 0) is 11.2 Å². The van der Waals surface area contributed by atoms with Crippen molar-refractivity contribution < 1.29 is 9.53 Å². The van der Waals surface area contributed by atoms with Crippen molar-refractivity contribution in [2.75, 3.05) is 13.1 Å². The Labute approximate surface area is 142 Å². The standard InChI is InChI=1S/C18H26BrNO2/c1-18(2,3)22-17(21)20-11-9-14(10-12-20)7-8-15-5-4-6-16(19)13-15/h4-6,13-14H,7-12H2,1-3H3. The van der Waals surface area contributed by atoms with Gasteiger partial charge in [-0.25, -0.2) is 4.79 Å². The first kappa shape index (κ1) is 17.3. The van der Waals surface area contributed by atoms with Crippen LogP contribution < -0.4 is 0 Å². The van der Waals surface area contributed by atoms with E-state index in [1.165, 1.54) is 12.0 Å². The molecule has 1 heterocycles. The van der Waals surface area contributed by atoms with E-state index in [4.69, 9.17) is 4.74 Å². The van der Waals surface area contributed by atoms with Gasteiger partial charge in [0.25, 0.3) is 0 Å². The minimum Gasteiger partial charge on any atom is -0.444 e. The van der Waals surface area contributed by atoms with Crippen LogP contribution in [0.2, 0.25) is 0 Å². The van der Waals surface area contributed by atoms with Gasteiger partial charge in [0.1, 0.15) is 5.60 Å². The van der Waals surface area contributed by atoms with Gasteiger partial charge in [-0.2, -0.15) is 0 Å². The predicted octanol–water partition coefficient (Wildman–Crippen LogP) is 5.03. The topological polar surface area (TPSA) is 29.5 Å². The van der Waals surface area contributed by atoms with Gasteiger partial charge < -0.3 is 9.64 Å². The van der Waals surface area contributed by atoms with Crippen molar-refractivity contribution in [2.45, 2.75) is 52.1 Å². The third-order valence-electron chi connectivity index (χ3n) is 4.00. The fourth-order valence-electron chi connectivity index (χ4n) is 2.79. The Morgan fingerprint density at radius 3 is 2.59 bits per heavy atom. The van der Waals surface area contributed by atoms with E-state index in [1.54, 1.807) is 0 Å². The van der Waals surface area contributed by atoms with E-state index < -0.39 is 5.60 Å². The summed E-state index contributed by atoms with van der Waals surface area (Å²) in [4.78, 5) is 13.9. The zero-order chi connectivity index (χ0) is 16.2. The molecular formula is C18H26BrNO2. The van der Waals surface area contributed by atoms with Crippen molar-refractivity contribution in [3.8, 4) is 0 Å². The molecule has 3 nitrogen and oxygen atoms in total. The Bertz CT molecular complexity index is 502. The number of aryl methyl sites for hydroxylation is 1. The number of ether oxygens (including phenoxy) is 1. The number of hydrogen-bond donors (Lipinski definition) is 0. The maximum Gasteiger partial charge on any atom is 0.410 e. The number of carbonyl (C=O) groups excluding carboxylic acids is 1. The molecule has 1 aliphatic heterocycles. The van der Waals surface area contributed by atoms with Gasteiger partial charge in [-0.05, 0) is 70.1 Å². The van der Waals surface area contributed by atoms with Gasteiger partial charge in [0.2, 0.25) is 0 Å². The third-order valence-corrected chi connectivity index (χ3v) is 4.49. The molecule has 0 N–H and O–H groups in total. The van der Waals surface area contributed by atoms with E-state index in [9.17, 15) is 4.79 Å². The lowest BCUT2D eigenvalue weighted by Gasteiger charge is -2.33. The van der Waals surface area contributed by atoms with E-state index in [2.05, 4.69) is 40.2 Å². The van der Waals surface area contributed by atoms with E-state index >= 15 is 0 Å². The summed E-state index contributed by atoms with van der Waals surface area (Å²) < 4.78 is 6.58. The smallest absolute Gasteiger partial charge is 0.410 e. The number of nitrogens with zero attached hydrogens (tertiary/aromatic N) is 1. The lowest BCUT2D eigenvalue weighted by Crippen LogP contribution is -2.41. The lowest BCUT2D eigenvalue weighted by molar-refractivity contribution is 0.0181. The Kier molecular flexibility index (Phi) is 5.90. The molecule has 1 amide bonds. The molecule has 0 radical (unpaired) electrons. The van der Waals surface area contributed by atoms with Crippen LogP contribution in [0.1, 0.15) is 45.6 Å². The van der Waals surface area contributed by atoms with Crippen molar-refractivity contribution in [3.63, 3.8) is 0 Å². The summed E-state index contributed by atoms with van der Waals surface area (Å²) in [6, 6.07) is 8.52. The number of carbonyl (C=O) groups is 1. The van der Waals surface area contributed by atoms with Crippen molar-refractivity contribution in [1.29, 1.82) is 0 Å². The Hall–Kier alpha value is -1.03. The summed E-state index contributed by atoms with van der Waals surface area (Å²) in [5, 5.41) is 0. The van der Waals surface area contributed by atoms with Gasteiger partial charge >= 0.3 is 6.09 Å². The molecule has 0 bridgehead atoms. The average Bonchev–Trinajstić information content (AvgIpc) is 2.44. The summed E-state index contributed by atoms with van der Waals surface area (Å²) in [5.74, 6) is 0.706. The molecule has 122 valence electrons. The molecule has 1 aliphatic rings. The SMILES string of the molecule is CC(C)(C)OC(=O)N1CCC(CCc2cccc(Br)c2)CC1. The zero-order valence-corrected chi connectivity index (χ0v) is 15.4. The molecular weight excluding hydrogens is 342 g/mol. The van der Waals surface area contributed by atoms with Crippen LogP contribution in [0.4, 0.5) is 4.79 Å². The van der Waals surface area contributed by atoms with Crippen LogP contribution in [0.5, 0.6) is 0 Å². The molecule has 22 heavy (non-hydrogen) atoms. The highest BCUT2D eigenvalue weighted by atomic mass is 79.9. The molecule has 0 spiro atoms. The number of likely N-dealkylation sites (tertiary alicyclic amines) is 1. The Balaban J connectivity index is 1.74. The second-order valence-electron chi connectivity index (χ2n) is 7.08. The van der Waals surface area contributed by atoms with E-state index in [-0.39, 0.29) is 6.09 Å². The minimum absolute atomic E-state index is 0.169. The number of piperidine rings is 1. The molecule has 0 unspecified atom stereocenters. The molecule has 2 rings (SSSR count). The molecule has 0 saturated carbocycles. The van der Waals surface area contributed by atoms with Gasteiger partial charge in [-0.15, -0.1) is 0 Å². The largest absolute Gasteiger partial charge is 0.444 e. The van der Waals surface area contributed by atoms with Gasteiger partial charge in [0.15, 0.2) is 0 Å². The van der Waals surface area contributed by atoms with Crippen molar-refractivity contribution >= 4 is 22.0 Å². The van der Waals surface area contributed by atoms with E-state index in [0.29, 0.717) is 5.92 Å². The number of amides is 1. The summed E-state index contributed by atoms with van der Waals surface area (Å²) in [7, 11) is 0. The van der Waals surface area contributed by atoms with E-state index in [0.717, 1.165) is 36.8 Å². The summed E-state index contributed by atoms with van der Waals surface area (Å²) in [6.07, 6.45) is 4.29. The predicted molar refractivity (Wildman–Crippen MR) is 93.0 cm³/mol. The molecule has 0 atom stereocenters. The van der Waals surface area contributed by atoms with Crippen LogP contribution >= 0.6 is 15.9 Å². The van der Waals surface area contributed by atoms with Crippen LogP contribution in [0.3, 0.4) is 0 Å².